The molecule has 2 heterocycles. The van der Waals surface area contributed by atoms with Crippen LogP contribution in [0.25, 0.3) is 43.1 Å². The lowest BCUT2D eigenvalue weighted by molar-refractivity contribution is 0.0534. The first-order valence-corrected chi connectivity index (χ1v) is 16.7. The Bertz CT molecular complexity index is 2420. The molecule has 0 saturated heterocycles. The maximum absolute atomic E-state index is 14.2. The van der Waals surface area contributed by atoms with Gasteiger partial charge in [-0.15, -0.1) is 0 Å². The number of rotatable bonds is 4. The van der Waals surface area contributed by atoms with Gasteiger partial charge in [0.1, 0.15) is 0 Å². The summed E-state index contributed by atoms with van der Waals surface area (Å²) >= 11 is 3.81. The van der Waals surface area contributed by atoms with Crippen molar-refractivity contribution in [1.29, 1.82) is 0 Å². The number of halogens is 1. The van der Waals surface area contributed by atoms with Gasteiger partial charge in [0.2, 0.25) is 0 Å². The number of nitrogens with zero attached hydrogens (tertiary/aromatic N) is 2. The molecule has 0 aromatic heterocycles. The van der Waals surface area contributed by atoms with E-state index < -0.39 is 12.1 Å². The first-order valence-electron chi connectivity index (χ1n) is 15.9. The van der Waals surface area contributed by atoms with E-state index >= 15 is 0 Å². The summed E-state index contributed by atoms with van der Waals surface area (Å²) in [7, 11) is 0. The molecule has 0 N–H and O–H groups in total. The number of amides is 4. The molecule has 9 rings (SSSR count). The van der Waals surface area contributed by atoms with Gasteiger partial charge in [-0.05, 0) is 83.3 Å². The molecule has 2 atom stereocenters. The third-order valence-corrected chi connectivity index (χ3v) is 11.0. The summed E-state index contributed by atoms with van der Waals surface area (Å²) in [5.41, 5.74) is 4.53. The summed E-state index contributed by atoms with van der Waals surface area (Å²) in [6.07, 6.45) is 0. The van der Waals surface area contributed by atoms with E-state index in [9.17, 15) is 19.2 Å². The number of carbonyl (C=O) groups is 4. The number of hydrogen-bond donors (Lipinski definition) is 0. The second-order valence-electron chi connectivity index (χ2n) is 12.9. The molecular weight excluding hydrogens is 664 g/mol. The number of imide groups is 2. The van der Waals surface area contributed by atoms with Crippen molar-refractivity contribution in [2.75, 3.05) is 0 Å². The van der Waals surface area contributed by atoms with Gasteiger partial charge in [-0.25, -0.2) is 0 Å². The van der Waals surface area contributed by atoms with Crippen LogP contribution in [-0.2, 0) is 0 Å². The number of carbonyl (C=O) groups excluding carboxylic acids is 4. The van der Waals surface area contributed by atoms with Crippen LogP contribution in [0.4, 0.5) is 0 Å². The summed E-state index contributed by atoms with van der Waals surface area (Å²) in [4.78, 5) is 59.5. The normalized spacial score (nSPS) is 15.8. The minimum atomic E-state index is -0.459. The fourth-order valence-electron chi connectivity index (χ4n) is 8.12. The van der Waals surface area contributed by atoms with E-state index in [1.807, 2.05) is 118 Å². The standard InChI is InChI=1S/C41H27BrN2O4/c1-20-18-29-33-27(38(45)43(40(29)47)21(2)23-10-6-4-7-11-23)17-15-26-35-31(42)19-30-34-28(16-14-25(37(34)35)32(20)36(26)33)39(46)44(41(30)48)22(3)24-12-8-5-9-13-24/h4-19,21-22H,1-3H3. The Morgan fingerprint density at radius 1 is 0.479 bits per heavy atom. The van der Waals surface area contributed by atoms with Crippen molar-refractivity contribution < 1.29 is 19.2 Å². The van der Waals surface area contributed by atoms with Crippen molar-refractivity contribution in [3.63, 3.8) is 0 Å². The van der Waals surface area contributed by atoms with Crippen LogP contribution < -0.4 is 0 Å². The van der Waals surface area contributed by atoms with Gasteiger partial charge in [0.05, 0.1) is 12.1 Å². The smallest absolute Gasteiger partial charge is 0.262 e. The van der Waals surface area contributed by atoms with E-state index in [4.69, 9.17) is 0 Å². The minimum absolute atomic E-state index is 0.324. The van der Waals surface area contributed by atoms with Crippen molar-refractivity contribution in [1.82, 2.24) is 9.80 Å². The molecule has 6 nitrogen and oxygen atoms in total. The zero-order valence-corrected chi connectivity index (χ0v) is 27.9. The average molecular weight is 692 g/mol. The molecule has 2 aliphatic heterocycles. The van der Waals surface area contributed by atoms with Crippen molar-refractivity contribution in [3.8, 4) is 0 Å². The third-order valence-electron chi connectivity index (χ3n) is 10.4. The van der Waals surface area contributed by atoms with Crippen molar-refractivity contribution >= 4 is 82.6 Å². The van der Waals surface area contributed by atoms with Gasteiger partial charge in [-0.1, -0.05) is 88.7 Å². The van der Waals surface area contributed by atoms with E-state index in [1.165, 1.54) is 9.80 Å². The third kappa shape index (κ3) is 3.62. The van der Waals surface area contributed by atoms with E-state index in [0.717, 1.165) is 49.0 Å². The Kier molecular flexibility index (Phi) is 6.03. The molecule has 7 aromatic carbocycles. The van der Waals surface area contributed by atoms with Crippen molar-refractivity contribution in [3.05, 3.63) is 140 Å². The molecule has 0 bridgehead atoms. The highest BCUT2D eigenvalue weighted by Gasteiger charge is 2.40. The van der Waals surface area contributed by atoms with Crippen LogP contribution in [0.3, 0.4) is 0 Å². The van der Waals surface area contributed by atoms with Crippen LogP contribution in [0, 0.1) is 6.92 Å². The lowest BCUT2D eigenvalue weighted by Crippen LogP contribution is -2.42. The summed E-state index contributed by atoms with van der Waals surface area (Å²) in [6, 6.07) is 29.4. The number of hydrogen-bond acceptors (Lipinski definition) is 4. The summed E-state index contributed by atoms with van der Waals surface area (Å²) in [6.45, 7) is 5.73. The van der Waals surface area contributed by atoms with Gasteiger partial charge in [-0.2, -0.15) is 0 Å². The maximum Gasteiger partial charge on any atom is 0.262 e. The molecule has 48 heavy (non-hydrogen) atoms. The van der Waals surface area contributed by atoms with Crippen LogP contribution in [-0.4, -0.2) is 33.4 Å². The lowest BCUT2D eigenvalue weighted by Gasteiger charge is -2.34. The van der Waals surface area contributed by atoms with Crippen LogP contribution in [0.1, 0.15) is 84.1 Å². The SMILES string of the molecule is Cc1cc2c3c(ccc4c5c(Br)cc6c7c(ccc(c1c34)c75)C(=O)N(C(C)c1ccccc1)C6=O)C(=O)N(C(C)c1ccccc1)C2=O. The van der Waals surface area contributed by atoms with Crippen LogP contribution in [0.2, 0.25) is 0 Å². The van der Waals surface area contributed by atoms with Gasteiger partial charge >= 0.3 is 0 Å². The lowest BCUT2D eigenvalue weighted by atomic mass is 9.80. The summed E-state index contributed by atoms with van der Waals surface area (Å²) in [5.74, 6) is -1.33. The monoisotopic (exact) mass is 690 g/mol. The molecule has 232 valence electrons. The Morgan fingerprint density at radius 2 is 0.896 bits per heavy atom. The van der Waals surface area contributed by atoms with Crippen LogP contribution >= 0.6 is 15.9 Å². The molecule has 7 aromatic rings. The first kappa shape index (κ1) is 28.8. The number of benzene rings is 7. The van der Waals surface area contributed by atoms with E-state index in [-0.39, 0.29) is 23.6 Å². The highest BCUT2D eigenvalue weighted by molar-refractivity contribution is 9.10. The van der Waals surface area contributed by atoms with Gasteiger partial charge in [0, 0.05) is 48.3 Å². The molecule has 0 fully saturated rings. The van der Waals surface area contributed by atoms with Gasteiger partial charge < -0.3 is 0 Å². The van der Waals surface area contributed by atoms with Gasteiger partial charge in [0.25, 0.3) is 23.6 Å². The number of aryl methyl sites for hydroxylation is 1. The molecule has 7 heteroatoms. The Hall–Kier alpha value is -5.40. The highest BCUT2D eigenvalue weighted by Crippen LogP contribution is 2.50. The molecule has 0 saturated carbocycles. The summed E-state index contributed by atoms with van der Waals surface area (Å²) in [5, 5.41) is 6.38. The predicted molar refractivity (Wildman–Crippen MR) is 191 cm³/mol. The molecule has 0 aliphatic carbocycles. The van der Waals surface area contributed by atoms with E-state index in [1.54, 1.807) is 0 Å². The zero-order valence-electron chi connectivity index (χ0n) is 26.3. The molecule has 0 radical (unpaired) electrons. The second kappa shape index (κ2) is 10.1. The largest absolute Gasteiger partial charge is 0.269 e. The fourth-order valence-corrected chi connectivity index (χ4v) is 8.76. The molecule has 2 aliphatic rings. The molecular formula is C41H27BrN2O4. The maximum atomic E-state index is 14.2. The Balaban J connectivity index is 1.31. The van der Waals surface area contributed by atoms with E-state index in [0.29, 0.717) is 37.5 Å². The Labute approximate surface area is 284 Å². The van der Waals surface area contributed by atoms with Gasteiger partial charge in [-0.3, -0.25) is 29.0 Å². The highest BCUT2D eigenvalue weighted by atomic mass is 79.9. The van der Waals surface area contributed by atoms with Crippen molar-refractivity contribution in [2.24, 2.45) is 0 Å². The Morgan fingerprint density at radius 3 is 1.40 bits per heavy atom. The first-order chi connectivity index (χ1) is 23.2. The van der Waals surface area contributed by atoms with Gasteiger partial charge in [0.15, 0.2) is 0 Å². The predicted octanol–water partition coefficient (Wildman–Crippen LogP) is 9.52. The van der Waals surface area contributed by atoms with E-state index in [2.05, 4.69) is 15.9 Å². The zero-order chi connectivity index (χ0) is 33.2. The molecule has 4 amide bonds. The second-order valence-corrected chi connectivity index (χ2v) is 13.7. The van der Waals surface area contributed by atoms with Crippen molar-refractivity contribution in [2.45, 2.75) is 32.9 Å². The van der Waals surface area contributed by atoms with Crippen LogP contribution in [0.5, 0.6) is 0 Å². The quantitative estimate of drug-likeness (QED) is 0.105. The topological polar surface area (TPSA) is 74.8 Å². The number of fused-ring (bicyclic) bond motifs is 2. The average Bonchev–Trinajstić information content (AvgIpc) is 3.10. The van der Waals surface area contributed by atoms with Crippen LogP contribution in [0.15, 0.2) is 102 Å². The minimum Gasteiger partial charge on any atom is -0.269 e. The summed E-state index contributed by atoms with van der Waals surface area (Å²) < 4.78 is 0.704. The molecule has 2 unspecified atom stereocenters. The molecule has 0 spiro atoms. The fraction of sp³-hybridized carbons (Fsp3) is 0.122.